The highest BCUT2D eigenvalue weighted by atomic mass is 19.3. The van der Waals surface area contributed by atoms with E-state index >= 15 is 0 Å². The summed E-state index contributed by atoms with van der Waals surface area (Å²) in [6.07, 6.45) is 0.820. The van der Waals surface area contributed by atoms with Crippen LogP contribution in [0.2, 0.25) is 0 Å². The fourth-order valence-electron chi connectivity index (χ4n) is 2.10. The Kier molecular flexibility index (Phi) is 2.43. The summed E-state index contributed by atoms with van der Waals surface area (Å²) in [7, 11) is 0. The third-order valence-corrected chi connectivity index (χ3v) is 2.88. The van der Waals surface area contributed by atoms with Gasteiger partial charge in [-0.2, -0.15) is 0 Å². The lowest BCUT2D eigenvalue weighted by Crippen LogP contribution is -2.40. The van der Waals surface area contributed by atoms with E-state index in [1.807, 2.05) is 0 Å². The number of hydrogen-bond donors (Lipinski definition) is 1. The van der Waals surface area contributed by atoms with E-state index in [-0.39, 0.29) is 18.7 Å². The van der Waals surface area contributed by atoms with Crippen LogP contribution in [0.4, 0.5) is 8.78 Å². The number of alkyl halides is 2. The number of amides is 1. The van der Waals surface area contributed by atoms with Crippen molar-refractivity contribution < 1.29 is 13.6 Å². The number of carbonyl (C=O) groups excluding carboxylic acids is 1. The Morgan fingerprint density at radius 2 is 2.29 bits per heavy atom. The van der Waals surface area contributed by atoms with Gasteiger partial charge < -0.3 is 0 Å². The van der Waals surface area contributed by atoms with Crippen LogP contribution < -0.4 is 5.43 Å². The molecule has 0 aromatic carbocycles. The standard InChI is InChI=1S/C9H14F2N2O/c10-9(11)3-2-7(6-9)8(14)13-5-1-4-12-13/h7,12H,1-6H2. The first kappa shape index (κ1) is 9.83. The van der Waals surface area contributed by atoms with E-state index in [0.29, 0.717) is 13.0 Å². The Hall–Kier alpha value is -0.710. The summed E-state index contributed by atoms with van der Waals surface area (Å²) < 4.78 is 25.7. The molecular weight excluding hydrogens is 190 g/mol. The number of rotatable bonds is 1. The molecule has 1 aliphatic carbocycles. The largest absolute Gasteiger partial charge is 0.278 e. The van der Waals surface area contributed by atoms with Crippen LogP contribution in [-0.4, -0.2) is 29.9 Å². The molecule has 1 amide bonds. The van der Waals surface area contributed by atoms with Crippen molar-refractivity contribution in [2.45, 2.75) is 31.6 Å². The number of nitrogens with zero attached hydrogens (tertiary/aromatic N) is 1. The van der Waals surface area contributed by atoms with Crippen LogP contribution in [0, 0.1) is 5.92 Å². The smallest absolute Gasteiger partial charge is 0.248 e. The molecular formula is C9H14F2N2O. The molecule has 2 aliphatic rings. The van der Waals surface area contributed by atoms with Gasteiger partial charge >= 0.3 is 0 Å². The van der Waals surface area contributed by atoms with Gasteiger partial charge in [0, 0.05) is 31.8 Å². The normalized spacial score (nSPS) is 31.0. The summed E-state index contributed by atoms with van der Waals surface area (Å²) >= 11 is 0. The fourth-order valence-corrected chi connectivity index (χ4v) is 2.10. The maximum atomic E-state index is 12.9. The maximum absolute atomic E-state index is 12.9. The van der Waals surface area contributed by atoms with Gasteiger partial charge in [0.2, 0.25) is 11.8 Å². The minimum Gasteiger partial charge on any atom is -0.278 e. The quantitative estimate of drug-likeness (QED) is 0.695. The molecule has 0 spiro atoms. The van der Waals surface area contributed by atoms with Gasteiger partial charge in [-0.3, -0.25) is 9.80 Å². The molecule has 1 saturated heterocycles. The van der Waals surface area contributed by atoms with Crippen molar-refractivity contribution in [3.63, 3.8) is 0 Å². The minimum atomic E-state index is -2.62. The van der Waals surface area contributed by atoms with Crippen LogP contribution in [0.15, 0.2) is 0 Å². The average Bonchev–Trinajstić information content (AvgIpc) is 2.72. The van der Waals surface area contributed by atoms with Gasteiger partial charge in [0.1, 0.15) is 0 Å². The second kappa shape index (κ2) is 3.46. The van der Waals surface area contributed by atoms with Crippen LogP contribution in [0.5, 0.6) is 0 Å². The molecule has 2 rings (SSSR count). The summed E-state index contributed by atoms with van der Waals surface area (Å²) in [5.41, 5.74) is 2.90. The van der Waals surface area contributed by atoms with Crippen LogP contribution in [-0.2, 0) is 4.79 Å². The van der Waals surface area contributed by atoms with Crippen molar-refractivity contribution in [1.29, 1.82) is 0 Å². The topological polar surface area (TPSA) is 32.3 Å². The van der Waals surface area contributed by atoms with Gasteiger partial charge in [0.25, 0.3) is 0 Å². The Bertz CT molecular complexity index is 239. The zero-order chi connectivity index (χ0) is 10.2. The Balaban J connectivity index is 1.92. The van der Waals surface area contributed by atoms with Crippen molar-refractivity contribution in [3.8, 4) is 0 Å². The molecule has 2 fully saturated rings. The number of nitrogens with one attached hydrogen (secondary N) is 1. The molecule has 0 aromatic rings. The molecule has 1 heterocycles. The molecule has 5 heteroatoms. The number of carbonyl (C=O) groups is 1. The number of halogens is 2. The first-order valence-corrected chi connectivity index (χ1v) is 5.01. The molecule has 1 atom stereocenters. The van der Waals surface area contributed by atoms with Crippen molar-refractivity contribution in [1.82, 2.24) is 10.4 Å². The molecule has 1 N–H and O–H groups in total. The van der Waals surface area contributed by atoms with Gasteiger partial charge in [-0.25, -0.2) is 14.2 Å². The van der Waals surface area contributed by atoms with Crippen LogP contribution in [0.1, 0.15) is 25.7 Å². The highest BCUT2D eigenvalue weighted by molar-refractivity contribution is 5.79. The predicted molar refractivity (Wildman–Crippen MR) is 46.6 cm³/mol. The van der Waals surface area contributed by atoms with Gasteiger partial charge in [0.05, 0.1) is 0 Å². The molecule has 0 aromatic heterocycles. The SMILES string of the molecule is O=C(C1CCC(F)(F)C1)N1CCCN1. The van der Waals surface area contributed by atoms with Gasteiger partial charge in [-0.15, -0.1) is 0 Å². The monoisotopic (exact) mass is 204 g/mol. The number of hydrogen-bond acceptors (Lipinski definition) is 2. The average molecular weight is 204 g/mol. The van der Waals surface area contributed by atoms with E-state index in [1.54, 1.807) is 0 Å². The second-order valence-electron chi connectivity index (χ2n) is 4.05. The molecule has 1 saturated carbocycles. The molecule has 1 aliphatic heterocycles. The van der Waals surface area contributed by atoms with E-state index < -0.39 is 11.8 Å². The summed E-state index contributed by atoms with van der Waals surface area (Å²) in [4.78, 5) is 11.7. The molecule has 80 valence electrons. The van der Waals surface area contributed by atoms with Gasteiger partial charge in [0.15, 0.2) is 0 Å². The first-order chi connectivity index (χ1) is 6.58. The third-order valence-electron chi connectivity index (χ3n) is 2.88. The second-order valence-corrected chi connectivity index (χ2v) is 4.05. The highest BCUT2D eigenvalue weighted by Crippen LogP contribution is 2.39. The van der Waals surface area contributed by atoms with Gasteiger partial charge in [-0.05, 0) is 12.8 Å². The zero-order valence-electron chi connectivity index (χ0n) is 7.93. The minimum absolute atomic E-state index is 0.142. The van der Waals surface area contributed by atoms with Crippen LogP contribution >= 0.6 is 0 Å². The first-order valence-electron chi connectivity index (χ1n) is 5.01. The third kappa shape index (κ3) is 1.87. The summed E-state index contributed by atoms with van der Waals surface area (Å²) in [5, 5.41) is 1.49. The Morgan fingerprint density at radius 3 is 2.79 bits per heavy atom. The van der Waals surface area contributed by atoms with Crippen molar-refractivity contribution in [2.24, 2.45) is 5.92 Å². The van der Waals surface area contributed by atoms with Crippen molar-refractivity contribution >= 4 is 5.91 Å². The van der Waals surface area contributed by atoms with Crippen molar-refractivity contribution in [2.75, 3.05) is 13.1 Å². The maximum Gasteiger partial charge on any atom is 0.248 e. The molecule has 3 nitrogen and oxygen atoms in total. The molecule has 0 bridgehead atoms. The summed E-state index contributed by atoms with van der Waals surface area (Å²) in [5.74, 6) is -3.25. The highest BCUT2D eigenvalue weighted by Gasteiger charge is 2.43. The Labute approximate surface area is 81.4 Å². The lowest BCUT2D eigenvalue weighted by molar-refractivity contribution is -0.137. The van der Waals surface area contributed by atoms with Crippen LogP contribution in [0.3, 0.4) is 0 Å². The van der Waals surface area contributed by atoms with E-state index in [1.165, 1.54) is 5.01 Å². The fraction of sp³-hybridized carbons (Fsp3) is 0.889. The van der Waals surface area contributed by atoms with E-state index in [4.69, 9.17) is 0 Å². The summed E-state index contributed by atoms with van der Waals surface area (Å²) in [6.45, 7) is 1.43. The van der Waals surface area contributed by atoms with Crippen LogP contribution in [0.25, 0.3) is 0 Å². The molecule has 0 radical (unpaired) electrons. The van der Waals surface area contributed by atoms with E-state index in [2.05, 4.69) is 5.43 Å². The predicted octanol–water partition coefficient (Wildman–Crippen LogP) is 1.16. The molecule has 14 heavy (non-hydrogen) atoms. The van der Waals surface area contributed by atoms with Gasteiger partial charge in [-0.1, -0.05) is 0 Å². The lowest BCUT2D eigenvalue weighted by atomic mass is 10.1. The van der Waals surface area contributed by atoms with E-state index in [9.17, 15) is 13.6 Å². The Morgan fingerprint density at radius 1 is 1.50 bits per heavy atom. The lowest BCUT2D eigenvalue weighted by Gasteiger charge is -2.19. The number of hydrazine groups is 1. The summed E-state index contributed by atoms with van der Waals surface area (Å²) in [6, 6.07) is 0. The van der Waals surface area contributed by atoms with Crippen molar-refractivity contribution in [3.05, 3.63) is 0 Å². The molecule has 1 unspecified atom stereocenters. The zero-order valence-corrected chi connectivity index (χ0v) is 7.93. The van der Waals surface area contributed by atoms with E-state index in [0.717, 1.165) is 13.0 Å².